The van der Waals surface area contributed by atoms with Crippen LogP contribution in [0.3, 0.4) is 0 Å². The van der Waals surface area contributed by atoms with Crippen molar-refractivity contribution in [3.63, 3.8) is 0 Å². The van der Waals surface area contributed by atoms with Crippen molar-refractivity contribution in [2.24, 2.45) is 0 Å². The van der Waals surface area contributed by atoms with E-state index in [0.29, 0.717) is 6.42 Å². The Morgan fingerprint density at radius 3 is 2.40 bits per heavy atom. The van der Waals surface area contributed by atoms with E-state index in [9.17, 15) is 18.4 Å². The summed E-state index contributed by atoms with van der Waals surface area (Å²) in [5.74, 6) is -2.53. The maximum Gasteiger partial charge on any atom is 0.306 e. The van der Waals surface area contributed by atoms with Gasteiger partial charge < -0.3 is 14.8 Å². The number of ether oxygens (including phenoxy) is 2. The standard InChI is InChI=1S/C18H17F2NO4/c1-24-14-6-2-12(3-7-14)4-9-18(23)25-11-17(22)21-13-5-8-15(19)16(20)10-13/h2-3,5-8,10H,4,9,11H2,1H3,(H,21,22). The number of carbonyl (C=O) groups is 2. The van der Waals surface area contributed by atoms with Gasteiger partial charge in [-0.3, -0.25) is 9.59 Å². The van der Waals surface area contributed by atoms with Crippen molar-refractivity contribution in [3.05, 3.63) is 59.7 Å². The molecule has 5 nitrogen and oxygen atoms in total. The number of amides is 1. The van der Waals surface area contributed by atoms with E-state index in [1.165, 1.54) is 6.07 Å². The maximum atomic E-state index is 13.0. The highest BCUT2D eigenvalue weighted by Crippen LogP contribution is 2.14. The molecule has 1 N–H and O–H groups in total. The molecule has 0 saturated heterocycles. The predicted octanol–water partition coefficient (Wildman–Crippen LogP) is 3.09. The number of benzene rings is 2. The summed E-state index contributed by atoms with van der Waals surface area (Å²) in [4.78, 5) is 23.3. The Hall–Kier alpha value is -2.96. The first-order valence-electron chi connectivity index (χ1n) is 7.51. The van der Waals surface area contributed by atoms with Crippen LogP contribution in [-0.2, 0) is 20.7 Å². The van der Waals surface area contributed by atoms with Gasteiger partial charge in [0.2, 0.25) is 0 Å². The minimum Gasteiger partial charge on any atom is -0.497 e. The Kier molecular flexibility index (Phi) is 6.45. The minimum absolute atomic E-state index is 0.0816. The summed E-state index contributed by atoms with van der Waals surface area (Å²) in [6.45, 7) is -0.500. The van der Waals surface area contributed by atoms with Crippen LogP contribution < -0.4 is 10.1 Å². The summed E-state index contributed by atoms with van der Waals surface area (Å²) in [6.07, 6.45) is 0.582. The summed E-state index contributed by atoms with van der Waals surface area (Å²) >= 11 is 0. The van der Waals surface area contributed by atoms with Crippen LogP contribution in [0.25, 0.3) is 0 Å². The predicted molar refractivity (Wildman–Crippen MR) is 87.3 cm³/mol. The van der Waals surface area contributed by atoms with Crippen molar-refractivity contribution >= 4 is 17.6 Å². The lowest BCUT2D eigenvalue weighted by Crippen LogP contribution is -2.21. The average Bonchev–Trinajstić information content (AvgIpc) is 2.61. The fraction of sp³-hybridized carbons (Fsp3) is 0.222. The molecule has 0 aliphatic heterocycles. The Morgan fingerprint density at radius 2 is 1.76 bits per heavy atom. The second-order valence-corrected chi connectivity index (χ2v) is 5.19. The highest BCUT2D eigenvalue weighted by molar-refractivity contribution is 5.92. The van der Waals surface area contributed by atoms with Crippen LogP contribution in [0.4, 0.5) is 14.5 Å². The Bertz CT molecular complexity index is 747. The van der Waals surface area contributed by atoms with Gasteiger partial charge in [-0.15, -0.1) is 0 Å². The first kappa shape index (κ1) is 18.4. The molecule has 0 bridgehead atoms. The van der Waals surface area contributed by atoms with Crippen LogP contribution in [0.15, 0.2) is 42.5 Å². The van der Waals surface area contributed by atoms with Gasteiger partial charge in [0.1, 0.15) is 5.75 Å². The molecule has 0 heterocycles. The highest BCUT2D eigenvalue weighted by atomic mass is 19.2. The molecule has 25 heavy (non-hydrogen) atoms. The van der Waals surface area contributed by atoms with Gasteiger partial charge in [0.15, 0.2) is 18.2 Å². The lowest BCUT2D eigenvalue weighted by atomic mass is 10.1. The summed E-state index contributed by atoms with van der Waals surface area (Å²) in [5.41, 5.74) is 1.02. The Morgan fingerprint density at radius 1 is 1.04 bits per heavy atom. The zero-order valence-corrected chi connectivity index (χ0v) is 13.6. The molecular weight excluding hydrogens is 332 g/mol. The van der Waals surface area contributed by atoms with Crippen LogP contribution >= 0.6 is 0 Å². The second kappa shape index (κ2) is 8.77. The third-order valence-corrected chi connectivity index (χ3v) is 3.34. The quantitative estimate of drug-likeness (QED) is 0.780. The number of rotatable bonds is 7. The molecule has 0 radical (unpaired) electrons. The number of esters is 1. The summed E-state index contributed by atoms with van der Waals surface area (Å²) < 4.78 is 35.7. The summed E-state index contributed by atoms with van der Waals surface area (Å²) in [7, 11) is 1.57. The molecule has 0 aliphatic carbocycles. The van der Waals surface area contributed by atoms with Crippen LogP contribution in [-0.4, -0.2) is 25.6 Å². The molecule has 0 aliphatic rings. The molecule has 1 amide bonds. The normalized spacial score (nSPS) is 10.2. The van der Waals surface area contributed by atoms with Gasteiger partial charge in [-0.1, -0.05) is 12.1 Å². The average molecular weight is 349 g/mol. The number of aryl methyl sites for hydroxylation is 1. The molecule has 0 unspecified atom stereocenters. The largest absolute Gasteiger partial charge is 0.497 e. The minimum atomic E-state index is -1.07. The van der Waals surface area contributed by atoms with E-state index in [0.717, 1.165) is 23.4 Å². The van der Waals surface area contributed by atoms with E-state index in [1.807, 2.05) is 12.1 Å². The van der Waals surface area contributed by atoms with Crippen molar-refractivity contribution in [2.45, 2.75) is 12.8 Å². The number of anilines is 1. The van der Waals surface area contributed by atoms with Gasteiger partial charge >= 0.3 is 5.97 Å². The summed E-state index contributed by atoms with van der Waals surface area (Å²) in [6, 6.07) is 10.2. The number of halogens is 2. The van der Waals surface area contributed by atoms with Gasteiger partial charge in [-0.2, -0.15) is 0 Å². The molecule has 0 fully saturated rings. The molecule has 0 spiro atoms. The lowest BCUT2D eigenvalue weighted by molar-refractivity contribution is -0.147. The SMILES string of the molecule is COc1ccc(CCC(=O)OCC(=O)Nc2ccc(F)c(F)c2)cc1. The molecule has 132 valence electrons. The van der Waals surface area contributed by atoms with E-state index >= 15 is 0 Å². The molecule has 0 aromatic heterocycles. The van der Waals surface area contributed by atoms with Crippen LogP contribution in [0, 0.1) is 11.6 Å². The number of hydrogen-bond donors (Lipinski definition) is 1. The molecule has 2 aromatic carbocycles. The third-order valence-electron chi connectivity index (χ3n) is 3.34. The summed E-state index contributed by atoms with van der Waals surface area (Å²) in [5, 5.41) is 2.32. The Balaban J connectivity index is 1.73. The highest BCUT2D eigenvalue weighted by Gasteiger charge is 2.10. The first-order valence-corrected chi connectivity index (χ1v) is 7.51. The molecule has 7 heteroatoms. The molecule has 2 rings (SSSR count). The first-order chi connectivity index (χ1) is 12.0. The van der Waals surface area contributed by atoms with E-state index < -0.39 is 30.1 Å². The maximum absolute atomic E-state index is 13.0. The van der Waals surface area contributed by atoms with Crippen molar-refractivity contribution in [3.8, 4) is 5.75 Å². The zero-order chi connectivity index (χ0) is 18.2. The van der Waals surface area contributed by atoms with E-state index in [2.05, 4.69) is 5.32 Å². The Labute approximate surface area is 143 Å². The van der Waals surface area contributed by atoms with Gasteiger partial charge in [0, 0.05) is 18.2 Å². The molecule has 2 aromatic rings. The van der Waals surface area contributed by atoms with Crippen LogP contribution in [0.2, 0.25) is 0 Å². The molecular formula is C18H17F2NO4. The van der Waals surface area contributed by atoms with Crippen molar-refractivity contribution in [1.82, 2.24) is 0 Å². The number of methoxy groups -OCH3 is 1. The molecule has 0 saturated carbocycles. The van der Waals surface area contributed by atoms with Gasteiger partial charge in [0.25, 0.3) is 5.91 Å². The van der Waals surface area contributed by atoms with E-state index in [1.54, 1.807) is 19.2 Å². The second-order valence-electron chi connectivity index (χ2n) is 5.19. The smallest absolute Gasteiger partial charge is 0.306 e. The third kappa shape index (κ3) is 5.87. The van der Waals surface area contributed by atoms with Gasteiger partial charge in [-0.05, 0) is 36.2 Å². The topological polar surface area (TPSA) is 64.6 Å². The number of carbonyl (C=O) groups excluding carboxylic acids is 2. The van der Waals surface area contributed by atoms with Crippen molar-refractivity contribution < 1.29 is 27.8 Å². The van der Waals surface area contributed by atoms with Crippen LogP contribution in [0.1, 0.15) is 12.0 Å². The lowest BCUT2D eigenvalue weighted by Gasteiger charge is -2.07. The van der Waals surface area contributed by atoms with E-state index in [4.69, 9.17) is 9.47 Å². The fourth-order valence-electron chi connectivity index (χ4n) is 2.03. The fourth-order valence-corrected chi connectivity index (χ4v) is 2.03. The number of nitrogens with one attached hydrogen (secondary N) is 1. The van der Waals surface area contributed by atoms with Crippen molar-refractivity contribution in [2.75, 3.05) is 19.0 Å². The van der Waals surface area contributed by atoms with Gasteiger partial charge in [0.05, 0.1) is 7.11 Å². The monoisotopic (exact) mass is 349 g/mol. The molecule has 0 atom stereocenters. The van der Waals surface area contributed by atoms with Crippen LogP contribution in [0.5, 0.6) is 5.75 Å². The number of hydrogen-bond acceptors (Lipinski definition) is 4. The van der Waals surface area contributed by atoms with E-state index in [-0.39, 0.29) is 12.1 Å². The van der Waals surface area contributed by atoms with Gasteiger partial charge in [-0.25, -0.2) is 8.78 Å². The van der Waals surface area contributed by atoms with Crippen molar-refractivity contribution in [1.29, 1.82) is 0 Å². The zero-order valence-electron chi connectivity index (χ0n) is 13.6.